The van der Waals surface area contributed by atoms with Crippen LogP contribution >= 0.6 is 11.3 Å². The number of benzene rings is 2. The number of pyridine rings is 1. The summed E-state index contributed by atoms with van der Waals surface area (Å²) in [6.07, 6.45) is 3.68. The van der Waals surface area contributed by atoms with Gasteiger partial charge in [-0.05, 0) is 54.8 Å². The number of thiazole rings is 1. The maximum Gasteiger partial charge on any atom is 0.130 e. The zero-order valence-electron chi connectivity index (χ0n) is 17.3. The van der Waals surface area contributed by atoms with Gasteiger partial charge in [-0.2, -0.15) is 0 Å². The predicted molar refractivity (Wildman–Crippen MR) is 127 cm³/mol. The van der Waals surface area contributed by atoms with Crippen molar-refractivity contribution in [2.75, 3.05) is 5.32 Å². The van der Waals surface area contributed by atoms with Gasteiger partial charge in [-0.15, -0.1) is 11.3 Å². The summed E-state index contributed by atoms with van der Waals surface area (Å²) < 4.78 is 1.16. The summed E-state index contributed by atoms with van der Waals surface area (Å²) in [5.41, 5.74) is 8.30. The number of rotatable bonds is 5. The van der Waals surface area contributed by atoms with Crippen molar-refractivity contribution in [1.29, 1.82) is 0 Å². The molecule has 5 nitrogen and oxygen atoms in total. The van der Waals surface area contributed by atoms with Crippen molar-refractivity contribution in [3.05, 3.63) is 90.0 Å². The first kappa shape index (κ1) is 19.3. The third-order valence-corrected chi connectivity index (χ3v) is 6.00. The molecular weight excluding hydrogens is 402 g/mol. The van der Waals surface area contributed by atoms with E-state index in [0.29, 0.717) is 0 Å². The Morgan fingerprint density at radius 2 is 1.81 bits per heavy atom. The van der Waals surface area contributed by atoms with Crippen molar-refractivity contribution in [3.63, 3.8) is 0 Å². The Balaban J connectivity index is 1.42. The first-order chi connectivity index (χ1) is 15.2. The first-order valence-corrected chi connectivity index (χ1v) is 11.0. The molecule has 0 spiro atoms. The van der Waals surface area contributed by atoms with E-state index in [1.165, 1.54) is 5.56 Å². The van der Waals surface area contributed by atoms with Gasteiger partial charge in [-0.1, -0.05) is 30.3 Å². The lowest BCUT2D eigenvalue weighted by Crippen LogP contribution is -2.09. The Labute approximate surface area is 184 Å². The minimum absolute atomic E-state index is 0.0859. The van der Waals surface area contributed by atoms with Gasteiger partial charge in [0.25, 0.3) is 0 Å². The maximum absolute atomic E-state index is 4.66. The molecule has 152 valence electrons. The van der Waals surface area contributed by atoms with Gasteiger partial charge in [-0.3, -0.25) is 4.98 Å². The smallest absolute Gasteiger partial charge is 0.130 e. The number of fused-ring (bicyclic) bond motifs is 1. The van der Waals surface area contributed by atoms with E-state index in [4.69, 9.17) is 0 Å². The lowest BCUT2D eigenvalue weighted by atomic mass is 10.0. The summed E-state index contributed by atoms with van der Waals surface area (Å²) in [5, 5.41) is 3.54. The fraction of sp³-hybridized carbons (Fsp3) is 0.120. The van der Waals surface area contributed by atoms with Gasteiger partial charge in [0.1, 0.15) is 11.6 Å². The summed E-state index contributed by atoms with van der Waals surface area (Å²) in [5.74, 6) is 1.55. The van der Waals surface area contributed by atoms with Crippen LogP contribution in [0.4, 0.5) is 5.82 Å². The molecule has 0 saturated heterocycles. The molecule has 0 aliphatic carbocycles. The molecule has 3 aromatic heterocycles. The minimum Gasteiger partial charge on any atom is -0.363 e. The number of nitrogens with one attached hydrogen (secondary N) is 1. The van der Waals surface area contributed by atoms with Crippen LogP contribution in [0.3, 0.4) is 0 Å². The van der Waals surface area contributed by atoms with Gasteiger partial charge in [0.2, 0.25) is 0 Å². The summed E-state index contributed by atoms with van der Waals surface area (Å²) in [7, 11) is 0. The highest BCUT2D eigenvalue weighted by Gasteiger charge is 2.11. The first-order valence-electron chi connectivity index (χ1n) is 10.1. The SMILES string of the molecule is Cc1nc(NC(C)c2cccc(-c3cccnc3)c2)cc(-c2ccc3ncsc3c2)n1. The molecule has 0 aliphatic heterocycles. The van der Waals surface area contributed by atoms with Crippen molar-refractivity contribution in [3.8, 4) is 22.4 Å². The van der Waals surface area contributed by atoms with Gasteiger partial charge in [0.05, 0.1) is 21.4 Å². The third-order valence-electron chi connectivity index (χ3n) is 5.21. The Morgan fingerprint density at radius 1 is 0.903 bits per heavy atom. The molecule has 1 N–H and O–H groups in total. The van der Waals surface area contributed by atoms with E-state index in [1.54, 1.807) is 17.5 Å². The molecule has 0 fully saturated rings. The van der Waals surface area contributed by atoms with E-state index < -0.39 is 0 Å². The van der Waals surface area contributed by atoms with Crippen LogP contribution in [0.15, 0.2) is 78.6 Å². The molecule has 1 atom stereocenters. The molecule has 0 radical (unpaired) electrons. The average Bonchev–Trinajstić information content (AvgIpc) is 3.27. The fourth-order valence-electron chi connectivity index (χ4n) is 3.63. The molecule has 5 rings (SSSR count). The van der Waals surface area contributed by atoms with Crippen LogP contribution in [0.1, 0.15) is 24.4 Å². The molecule has 0 bridgehead atoms. The molecule has 1 unspecified atom stereocenters. The molecule has 5 aromatic rings. The molecule has 0 aliphatic rings. The number of hydrogen-bond donors (Lipinski definition) is 1. The summed E-state index contributed by atoms with van der Waals surface area (Å²) >= 11 is 1.64. The van der Waals surface area contributed by atoms with Crippen LogP contribution in [-0.4, -0.2) is 19.9 Å². The summed E-state index contributed by atoms with van der Waals surface area (Å²) in [6, 6.07) is 20.9. The topological polar surface area (TPSA) is 63.6 Å². The van der Waals surface area contributed by atoms with Gasteiger partial charge in [0.15, 0.2) is 0 Å². The standard InChI is InChI=1S/C25H21N5S/c1-16(18-5-3-6-19(11-18)21-7-4-10-26-14-21)28-25-13-23(29-17(2)30-25)20-8-9-22-24(12-20)31-15-27-22/h3-16H,1-2H3,(H,28,29,30). The molecule has 3 heterocycles. The quantitative estimate of drug-likeness (QED) is 0.359. The van der Waals surface area contributed by atoms with E-state index in [2.05, 4.69) is 74.6 Å². The summed E-state index contributed by atoms with van der Waals surface area (Å²) in [6.45, 7) is 4.07. The highest BCUT2D eigenvalue weighted by Crippen LogP contribution is 2.28. The molecular formula is C25H21N5S. The number of nitrogens with zero attached hydrogens (tertiary/aromatic N) is 4. The van der Waals surface area contributed by atoms with E-state index in [9.17, 15) is 0 Å². The van der Waals surface area contributed by atoms with E-state index in [0.717, 1.165) is 44.2 Å². The Hall–Kier alpha value is -3.64. The molecule has 31 heavy (non-hydrogen) atoms. The van der Waals surface area contributed by atoms with Gasteiger partial charge < -0.3 is 5.32 Å². The highest BCUT2D eigenvalue weighted by molar-refractivity contribution is 7.16. The van der Waals surface area contributed by atoms with Crippen LogP contribution in [0.25, 0.3) is 32.6 Å². The lowest BCUT2D eigenvalue weighted by Gasteiger charge is -2.17. The third kappa shape index (κ3) is 4.15. The van der Waals surface area contributed by atoms with Gasteiger partial charge >= 0.3 is 0 Å². The Kier molecular flexibility index (Phi) is 5.14. The van der Waals surface area contributed by atoms with Crippen LogP contribution < -0.4 is 5.32 Å². The second-order valence-electron chi connectivity index (χ2n) is 7.45. The van der Waals surface area contributed by atoms with Crippen LogP contribution in [0.2, 0.25) is 0 Å². The van der Waals surface area contributed by atoms with Gasteiger partial charge in [0, 0.05) is 30.1 Å². The van der Waals surface area contributed by atoms with Gasteiger partial charge in [-0.25, -0.2) is 15.0 Å². The van der Waals surface area contributed by atoms with Crippen molar-refractivity contribution in [2.24, 2.45) is 0 Å². The van der Waals surface area contributed by atoms with Crippen molar-refractivity contribution >= 4 is 27.4 Å². The predicted octanol–water partition coefficient (Wildman–Crippen LogP) is 6.30. The Bertz CT molecular complexity index is 1350. The van der Waals surface area contributed by atoms with E-state index in [-0.39, 0.29) is 6.04 Å². The number of aryl methyl sites for hydroxylation is 1. The van der Waals surface area contributed by atoms with Crippen LogP contribution in [0, 0.1) is 6.92 Å². The number of aromatic nitrogens is 4. The van der Waals surface area contributed by atoms with E-state index >= 15 is 0 Å². The lowest BCUT2D eigenvalue weighted by molar-refractivity contribution is 0.868. The minimum atomic E-state index is 0.0859. The zero-order chi connectivity index (χ0) is 21.2. The normalized spacial score (nSPS) is 12.1. The second kappa shape index (κ2) is 8.24. The average molecular weight is 424 g/mol. The van der Waals surface area contributed by atoms with Crippen LogP contribution in [-0.2, 0) is 0 Å². The van der Waals surface area contributed by atoms with Crippen molar-refractivity contribution in [1.82, 2.24) is 19.9 Å². The van der Waals surface area contributed by atoms with Crippen LogP contribution in [0.5, 0.6) is 0 Å². The summed E-state index contributed by atoms with van der Waals surface area (Å²) in [4.78, 5) is 17.9. The fourth-order valence-corrected chi connectivity index (χ4v) is 4.35. The molecule has 0 saturated carbocycles. The number of anilines is 1. The monoisotopic (exact) mass is 423 g/mol. The Morgan fingerprint density at radius 3 is 2.68 bits per heavy atom. The van der Waals surface area contributed by atoms with E-state index in [1.807, 2.05) is 36.8 Å². The second-order valence-corrected chi connectivity index (χ2v) is 8.34. The molecule has 2 aromatic carbocycles. The van der Waals surface area contributed by atoms with Crippen molar-refractivity contribution in [2.45, 2.75) is 19.9 Å². The molecule has 6 heteroatoms. The highest BCUT2D eigenvalue weighted by atomic mass is 32.1. The van der Waals surface area contributed by atoms with Crippen molar-refractivity contribution < 1.29 is 0 Å². The number of hydrogen-bond acceptors (Lipinski definition) is 6. The largest absolute Gasteiger partial charge is 0.363 e. The zero-order valence-corrected chi connectivity index (χ0v) is 18.1. The molecule has 0 amide bonds. The maximum atomic E-state index is 4.66.